The summed E-state index contributed by atoms with van der Waals surface area (Å²) in [5.74, 6) is 0.216. The van der Waals surface area contributed by atoms with Gasteiger partial charge in [0.15, 0.2) is 5.82 Å². The van der Waals surface area contributed by atoms with Crippen molar-refractivity contribution in [3.8, 4) is 28.5 Å². The molecule has 36 heavy (non-hydrogen) atoms. The lowest BCUT2D eigenvalue weighted by molar-refractivity contribution is -0.101. The van der Waals surface area contributed by atoms with Crippen LogP contribution in [0.4, 0.5) is 4.39 Å². The Morgan fingerprint density at radius 1 is 1.22 bits per heavy atom. The van der Waals surface area contributed by atoms with Crippen molar-refractivity contribution >= 4 is 5.91 Å². The average Bonchev–Trinajstić information content (AvgIpc) is 2.92. The van der Waals surface area contributed by atoms with Gasteiger partial charge in [-0.15, -0.1) is 0 Å². The third kappa shape index (κ3) is 5.24. The Balaban J connectivity index is 1.45. The summed E-state index contributed by atoms with van der Waals surface area (Å²) in [7, 11) is 1.36. The maximum atomic E-state index is 14.7. The van der Waals surface area contributed by atoms with Gasteiger partial charge in [-0.3, -0.25) is 9.78 Å². The lowest BCUT2D eigenvalue weighted by Crippen LogP contribution is -2.43. The number of ether oxygens (including phenoxy) is 5. The summed E-state index contributed by atoms with van der Waals surface area (Å²) in [6.07, 6.45) is 4.88. The van der Waals surface area contributed by atoms with Crippen molar-refractivity contribution in [3.05, 3.63) is 65.9 Å². The number of benzene rings is 1. The Morgan fingerprint density at radius 3 is 2.89 bits per heavy atom. The first-order valence-corrected chi connectivity index (χ1v) is 11.6. The second-order valence-corrected chi connectivity index (χ2v) is 8.44. The normalized spacial score (nSPS) is 19.1. The van der Waals surface area contributed by atoms with Crippen LogP contribution in [0.25, 0.3) is 11.1 Å². The van der Waals surface area contributed by atoms with E-state index in [1.807, 2.05) is 6.07 Å². The lowest BCUT2D eigenvalue weighted by Gasteiger charge is -2.29. The van der Waals surface area contributed by atoms with Gasteiger partial charge >= 0.3 is 0 Å². The zero-order valence-corrected chi connectivity index (χ0v) is 19.7. The maximum absolute atomic E-state index is 14.7. The molecule has 0 radical (unpaired) electrons. The Bertz CT molecular complexity index is 1220. The molecule has 0 spiro atoms. The molecule has 5 rings (SSSR count). The van der Waals surface area contributed by atoms with Crippen molar-refractivity contribution < 1.29 is 32.9 Å². The number of methoxy groups -OCH3 is 1. The largest absolute Gasteiger partial charge is 0.491 e. The molecule has 1 aromatic carbocycles. The molecule has 3 aromatic rings. The van der Waals surface area contributed by atoms with Gasteiger partial charge in [0.25, 0.3) is 5.91 Å². The minimum atomic E-state index is -0.597. The quantitative estimate of drug-likeness (QED) is 0.534. The minimum Gasteiger partial charge on any atom is -0.491 e. The summed E-state index contributed by atoms with van der Waals surface area (Å²) in [6, 6.07) is 8.04. The van der Waals surface area contributed by atoms with Crippen LogP contribution < -0.4 is 19.5 Å². The molecule has 1 saturated heterocycles. The summed E-state index contributed by atoms with van der Waals surface area (Å²) in [5.41, 5.74) is 2.38. The number of hydrogen-bond acceptors (Lipinski definition) is 8. The molecule has 1 fully saturated rings. The standard InChI is InChI=1S/C26H26FN3O6/c1-32-26-21(27)9-17(12-29-26)24-20-10-18(30-25(31)16-3-2-6-28-11-16)13-35-22(20)4-5-23(24)36-15-19-14-33-7-8-34-19/h2-6,9,11-12,18-19H,7-8,10,13-15H2,1H3,(H,30,31)/t18-,19?/m0/s1. The molecule has 1 N–H and O–H groups in total. The van der Waals surface area contributed by atoms with Crippen LogP contribution in [-0.2, 0) is 15.9 Å². The zero-order chi connectivity index (χ0) is 24.9. The van der Waals surface area contributed by atoms with Gasteiger partial charge < -0.3 is 29.0 Å². The zero-order valence-electron chi connectivity index (χ0n) is 19.7. The predicted octanol–water partition coefficient (Wildman–Crippen LogP) is 2.82. The van der Waals surface area contributed by atoms with Crippen molar-refractivity contribution in [2.75, 3.05) is 40.1 Å². The third-order valence-electron chi connectivity index (χ3n) is 5.98. The molecular formula is C26H26FN3O6. The number of aromatic nitrogens is 2. The highest BCUT2D eigenvalue weighted by Crippen LogP contribution is 2.41. The molecule has 0 aliphatic carbocycles. The first-order chi connectivity index (χ1) is 17.6. The van der Waals surface area contributed by atoms with Gasteiger partial charge in [-0.2, -0.15) is 0 Å². The van der Waals surface area contributed by atoms with E-state index in [2.05, 4.69) is 15.3 Å². The first-order valence-electron chi connectivity index (χ1n) is 11.6. The molecule has 2 aliphatic rings. The smallest absolute Gasteiger partial charge is 0.253 e. The second-order valence-electron chi connectivity index (χ2n) is 8.44. The molecule has 188 valence electrons. The number of nitrogens with zero attached hydrogens (tertiary/aromatic N) is 2. The summed E-state index contributed by atoms with van der Waals surface area (Å²) < 4.78 is 42.9. The molecule has 0 bridgehead atoms. The Labute approximate surface area is 207 Å². The van der Waals surface area contributed by atoms with E-state index in [-0.39, 0.29) is 30.5 Å². The van der Waals surface area contributed by atoms with Gasteiger partial charge in [0, 0.05) is 41.7 Å². The monoisotopic (exact) mass is 495 g/mol. The number of pyridine rings is 2. The van der Waals surface area contributed by atoms with E-state index in [1.54, 1.807) is 24.4 Å². The van der Waals surface area contributed by atoms with Crippen LogP contribution in [0.2, 0.25) is 0 Å². The van der Waals surface area contributed by atoms with E-state index in [0.717, 1.165) is 5.56 Å². The summed E-state index contributed by atoms with van der Waals surface area (Å²) >= 11 is 0. The Kier molecular flexibility index (Phi) is 7.24. The fourth-order valence-corrected chi connectivity index (χ4v) is 4.26. The number of carbonyl (C=O) groups is 1. The molecular weight excluding hydrogens is 469 g/mol. The average molecular weight is 496 g/mol. The molecule has 1 unspecified atom stereocenters. The van der Waals surface area contributed by atoms with Crippen molar-refractivity contribution in [2.45, 2.75) is 18.6 Å². The molecule has 1 amide bonds. The molecule has 4 heterocycles. The van der Waals surface area contributed by atoms with Crippen LogP contribution in [0.3, 0.4) is 0 Å². The number of rotatable bonds is 7. The van der Waals surface area contributed by atoms with Crippen molar-refractivity contribution in [1.82, 2.24) is 15.3 Å². The number of nitrogens with one attached hydrogen (secondary N) is 1. The number of fused-ring (bicyclic) bond motifs is 1. The number of halogens is 1. The second kappa shape index (κ2) is 10.9. The lowest BCUT2D eigenvalue weighted by atomic mass is 9.92. The topological polar surface area (TPSA) is 101 Å². The van der Waals surface area contributed by atoms with Gasteiger partial charge in [0.2, 0.25) is 5.88 Å². The van der Waals surface area contributed by atoms with E-state index >= 15 is 0 Å². The molecule has 2 aliphatic heterocycles. The van der Waals surface area contributed by atoms with Crippen LogP contribution in [0, 0.1) is 5.82 Å². The summed E-state index contributed by atoms with van der Waals surface area (Å²) in [4.78, 5) is 20.8. The third-order valence-corrected chi connectivity index (χ3v) is 5.98. The van der Waals surface area contributed by atoms with Gasteiger partial charge in [-0.1, -0.05) is 0 Å². The Hall–Kier alpha value is -3.76. The molecule has 9 nitrogen and oxygen atoms in total. The highest BCUT2D eigenvalue weighted by molar-refractivity contribution is 5.94. The molecule has 0 saturated carbocycles. The predicted molar refractivity (Wildman–Crippen MR) is 127 cm³/mol. The van der Waals surface area contributed by atoms with Crippen molar-refractivity contribution in [1.29, 1.82) is 0 Å². The molecule has 2 aromatic heterocycles. The maximum Gasteiger partial charge on any atom is 0.253 e. The van der Waals surface area contributed by atoms with Crippen LogP contribution >= 0.6 is 0 Å². The van der Waals surface area contributed by atoms with Crippen molar-refractivity contribution in [3.63, 3.8) is 0 Å². The molecule has 10 heteroatoms. The summed E-state index contributed by atoms with van der Waals surface area (Å²) in [6.45, 7) is 2.05. The van der Waals surface area contributed by atoms with Gasteiger partial charge in [-0.05, 0) is 30.3 Å². The Morgan fingerprint density at radius 2 is 2.14 bits per heavy atom. The van der Waals surface area contributed by atoms with Crippen LogP contribution in [0.15, 0.2) is 48.9 Å². The van der Waals surface area contributed by atoms with Crippen LogP contribution in [0.5, 0.6) is 17.4 Å². The van der Waals surface area contributed by atoms with E-state index in [0.29, 0.717) is 61.0 Å². The molecule has 2 atom stereocenters. The number of hydrogen-bond donors (Lipinski definition) is 1. The highest BCUT2D eigenvalue weighted by atomic mass is 19.1. The summed E-state index contributed by atoms with van der Waals surface area (Å²) in [5, 5.41) is 3.00. The minimum absolute atomic E-state index is 0.100. The van der Waals surface area contributed by atoms with Crippen LogP contribution in [0.1, 0.15) is 15.9 Å². The highest BCUT2D eigenvalue weighted by Gasteiger charge is 2.28. The van der Waals surface area contributed by atoms with Crippen molar-refractivity contribution in [2.24, 2.45) is 0 Å². The van der Waals surface area contributed by atoms with Gasteiger partial charge in [0.05, 0.1) is 38.5 Å². The van der Waals surface area contributed by atoms with Gasteiger partial charge in [0.1, 0.15) is 30.8 Å². The fourth-order valence-electron chi connectivity index (χ4n) is 4.26. The van der Waals surface area contributed by atoms with E-state index in [4.69, 9.17) is 23.7 Å². The number of amides is 1. The van der Waals surface area contributed by atoms with E-state index < -0.39 is 5.82 Å². The van der Waals surface area contributed by atoms with Gasteiger partial charge in [-0.25, -0.2) is 9.37 Å². The SMILES string of the molecule is COc1ncc(-c2c(OCC3COCCO3)ccc3c2C[C@H](NC(=O)c2cccnc2)CO3)cc1F. The van der Waals surface area contributed by atoms with E-state index in [1.165, 1.54) is 25.6 Å². The first kappa shape index (κ1) is 24.0. The fraction of sp³-hybridized carbons (Fsp3) is 0.346. The number of carbonyl (C=O) groups excluding carboxylic acids is 1. The van der Waals surface area contributed by atoms with E-state index in [9.17, 15) is 9.18 Å². The van der Waals surface area contributed by atoms with Crippen LogP contribution in [-0.4, -0.2) is 68.2 Å².